The Morgan fingerprint density at radius 1 is 1.12 bits per heavy atom. The number of rotatable bonds is 2. The van der Waals surface area contributed by atoms with Crippen LogP contribution in [0.3, 0.4) is 0 Å². The highest BCUT2D eigenvalue weighted by Crippen LogP contribution is 2.34. The van der Waals surface area contributed by atoms with E-state index in [0.29, 0.717) is 5.92 Å². The Morgan fingerprint density at radius 2 is 1.82 bits per heavy atom. The minimum atomic E-state index is 0.169. The van der Waals surface area contributed by atoms with E-state index in [0.717, 1.165) is 0 Å². The van der Waals surface area contributed by atoms with Crippen molar-refractivity contribution in [1.29, 1.82) is 0 Å². The lowest BCUT2D eigenvalue weighted by molar-refractivity contribution is 0.445. The van der Waals surface area contributed by atoms with Gasteiger partial charge in [-0.3, -0.25) is 0 Å². The van der Waals surface area contributed by atoms with Crippen molar-refractivity contribution in [2.75, 3.05) is 0 Å². The van der Waals surface area contributed by atoms with Gasteiger partial charge in [0.2, 0.25) is 0 Å². The van der Waals surface area contributed by atoms with Crippen LogP contribution in [0, 0.1) is 12.0 Å². The summed E-state index contributed by atoms with van der Waals surface area (Å²) in [6, 6.07) is 16.2. The number of fused-ring (bicyclic) bond motifs is 1. The molecule has 0 aliphatic heterocycles. The average Bonchev–Trinajstić information content (AvgIpc) is 2.91. The van der Waals surface area contributed by atoms with E-state index in [2.05, 4.69) is 42.5 Å². The number of benzene rings is 2. The van der Waals surface area contributed by atoms with Crippen molar-refractivity contribution in [3.8, 4) is 0 Å². The van der Waals surface area contributed by atoms with Gasteiger partial charge in [-0.05, 0) is 53.3 Å². The van der Waals surface area contributed by atoms with Gasteiger partial charge in [-0.25, -0.2) is 0 Å². The Hall–Kier alpha value is -1.34. The second kappa shape index (κ2) is 4.50. The van der Waals surface area contributed by atoms with E-state index in [1.54, 1.807) is 0 Å². The summed E-state index contributed by atoms with van der Waals surface area (Å²) in [5.74, 6) is 0.660. The van der Waals surface area contributed by atoms with Crippen molar-refractivity contribution in [2.24, 2.45) is 11.7 Å². The van der Waals surface area contributed by atoms with E-state index in [9.17, 15) is 0 Å². The zero-order chi connectivity index (χ0) is 11.7. The van der Waals surface area contributed by atoms with Crippen molar-refractivity contribution in [1.82, 2.24) is 0 Å². The monoisotopic (exact) mass is 224 g/mol. The standard InChI is InChI=1S/C16H18N/c17-16(13-6-2-3-7-13)15-10-9-12-5-1-4-8-14(12)11-15/h1,4-5,8-9,11,13,16H,2-3,6-7,17H2. The molecule has 17 heavy (non-hydrogen) atoms. The zero-order valence-corrected chi connectivity index (χ0v) is 10.0. The van der Waals surface area contributed by atoms with Crippen LogP contribution in [-0.4, -0.2) is 0 Å². The zero-order valence-electron chi connectivity index (χ0n) is 10.0. The molecule has 1 unspecified atom stereocenters. The Bertz CT molecular complexity index is 512. The molecule has 1 aliphatic rings. The molecule has 2 aromatic carbocycles. The molecule has 3 rings (SSSR count). The molecule has 1 aliphatic carbocycles. The first kappa shape index (κ1) is 10.8. The summed E-state index contributed by atoms with van der Waals surface area (Å²) < 4.78 is 0. The molecule has 2 aromatic rings. The van der Waals surface area contributed by atoms with E-state index >= 15 is 0 Å². The van der Waals surface area contributed by atoms with Crippen LogP contribution in [0.2, 0.25) is 0 Å². The normalized spacial score (nSPS) is 18.6. The second-order valence-corrected chi connectivity index (χ2v) is 5.09. The van der Waals surface area contributed by atoms with Gasteiger partial charge in [0, 0.05) is 6.04 Å². The van der Waals surface area contributed by atoms with Crippen LogP contribution in [0.5, 0.6) is 0 Å². The van der Waals surface area contributed by atoms with Crippen molar-refractivity contribution < 1.29 is 0 Å². The lowest BCUT2D eigenvalue weighted by Crippen LogP contribution is -2.19. The average molecular weight is 224 g/mol. The molecule has 0 amide bonds. The maximum absolute atomic E-state index is 6.36. The van der Waals surface area contributed by atoms with E-state index in [1.807, 2.05) is 0 Å². The topological polar surface area (TPSA) is 26.0 Å². The summed E-state index contributed by atoms with van der Waals surface area (Å²) >= 11 is 0. The SMILES string of the molecule is NC(c1[c]cc2ccccc2c1)C1CCCC1. The van der Waals surface area contributed by atoms with Gasteiger partial charge in [-0.2, -0.15) is 0 Å². The van der Waals surface area contributed by atoms with Crippen LogP contribution >= 0.6 is 0 Å². The first-order valence-electron chi connectivity index (χ1n) is 6.50. The minimum Gasteiger partial charge on any atom is -0.324 e. The number of hydrogen-bond donors (Lipinski definition) is 1. The summed E-state index contributed by atoms with van der Waals surface area (Å²) in [6.07, 6.45) is 5.24. The maximum atomic E-state index is 6.36. The van der Waals surface area contributed by atoms with Crippen LogP contribution in [0.1, 0.15) is 37.3 Å². The Balaban J connectivity index is 1.94. The third kappa shape index (κ3) is 2.07. The molecule has 1 nitrogen and oxygen atoms in total. The molecule has 0 bridgehead atoms. The molecule has 1 heteroatoms. The maximum Gasteiger partial charge on any atom is 0.0329 e. The van der Waals surface area contributed by atoms with Crippen molar-refractivity contribution in [3.05, 3.63) is 48.0 Å². The minimum absolute atomic E-state index is 0.169. The van der Waals surface area contributed by atoms with E-state index in [4.69, 9.17) is 5.73 Å². The Labute approximate surface area is 103 Å². The van der Waals surface area contributed by atoms with Gasteiger partial charge in [-0.1, -0.05) is 37.1 Å². The summed E-state index contributed by atoms with van der Waals surface area (Å²) in [5.41, 5.74) is 7.54. The molecule has 0 heterocycles. The largest absolute Gasteiger partial charge is 0.324 e. The van der Waals surface area contributed by atoms with Gasteiger partial charge in [0.1, 0.15) is 0 Å². The third-order valence-corrected chi connectivity index (χ3v) is 3.97. The molecular weight excluding hydrogens is 206 g/mol. The van der Waals surface area contributed by atoms with Crippen molar-refractivity contribution in [3.63, 3.8) is 0 Å². The molecule has 1 radical (unpaired) electrons. The molecular formula is C16H18N. The fraction of sp³-hybridized carbons (Fsp3) is 0.375. The van der Waals surface area contributed by atoms with E-state index in [-0.39, 0.29) is 6.04 Å². The molecule has 0 aromatic heterocycles. The number of hydrogen-bond acceptors (Lipinski definition) is 1. The van der Waals surface area contributed by atoms with Gasteiger partial charge in [0.05, 0.1) is 0 Å². The van der Waals surface area contributed by atoms with Crippen LogP contribution in [-0.2, 0) is 0 Å². The first-order chi connectivity index (χ1) is 8.34. The third-order valence-electron chi connectivity index (χ3n) is 3.97. The summed E-state index contributed by atoms with van der Waals surface area (Å²) in [6.45, 7) is 0. The Kier molecular flexibility index (Phi) is 2.86. The van der Waals surface area contributed by atoms with Crippen LogP contribution in [0.25, 0.3) is 10.8 Å². The fourth-order valence-electron chi connectivity index (χ4n) is 2.91. The van der Waals surface area contributed by atoms with Gasteiger partial charge < -0.3 is 5.73 Å². The van der Waals surface area contributed by atoms with Crippen LogP contribution in [0.4, 0.5) is 0 Å². The Morgan fingerprint density at radius 3 is 2.59 bits per heavy atom. The lowest BCUT2D eigenvalue weighted by atomic mass is 9.91. The number of nitrogens with two attached hydrogens (primary N) is 1. The van der Waals surface area contributed by atoms with Crippen LogP contribution < -0.4 is 5.73 Å². The predicted molar refractivity (Wildman–Crippen MR) is 71.7 cm³/mol. The summed E-state index contributed by atoms with van der Waals surface area (Å²) in [5, 5.41) is 2.52. The van der Waals surface area contributed by atoms with Gasteiger partial charge in [0.25, 0.3) is 0 Å². The highest BCUT2D eigenvalue weighted by molar-refractivity contribution is 5.82. The first-order valence-corrected chi connectivity index (χ1v) is 6.50. The lowest BCUT2D eigenvalue weighted by Gasteiger charge is -2.19. The molecule has 1 atom stereocenters. The predicted octanol–water partition coefficient (Wildman–Crippen LogP) is 3.83. The quantitative estimate of drug-likeness (QED) is 0.824. The molecule has 0 spiro atoms. The highest BCUT2D eigenvalue weighted by Gasteiger charge is 2.23. The smallest absolute Gasteiger partial charge is 0.0329 e. The van der Waals surface area contributed by atoms with Gasteiger partial charge >= 0.3 is 0 Å². The van der Waals surface area contributed by atoms with Crippen molar-refractivity contribution in [2.45, 2.75) is 31.7 Å². The van der Waals surface area contributed by atoms with Gasteiger partial charge in [-0.15, -0.1) is 0 Å². The molecule has 1 saturated carbocycles. The molecule has 2 N–H and O–H groups in total. The second-order valence-electron chi connectivity index (χ2n) is 5.09. The molecule has 87 valence electrons. The van der Waals surface area contributed by atoms with E-state index < -0.39 is 0 Å². The summed E-state index contributed by atoms with van der Waals surface area (Å²) in [4.78, 5) is 0. The van der Waals surface area contributed by atoms with E-state index in [1.165, 1.54) is 42.0 Å². The highest BCUT2D eigenvalue weighted by atomic mass is 14.7. The van der Waals surface area contributed by atoms with Gasteiger partial charge in [0.15, 0.2) is 0 Å². The molecule has 1 fully saturated rings. The molecule has 0 saturated heterocycles. The summed E-state index contributed by atoms with van der Waals surface area (Å²) in [7, 11) is 0. The van der Waals surface area contributed by atoms with Crippen molar-refractivity contribution >= 4 is 10.8 Å². The fourth-order valence-corrected chi connectivity index (χ4v) is 2.91. The van der Waals surface area contributed by atoms with Crippen LogP contribution in [0.15, 0.2) is 36.4 Å².